The van der Waals surface area contributed by atoms with E-state index in [1.54, 1.807) is 0 Å². The summed E-state index contributed by atoms with van der Waals surface area (Å²) in [5.41, 5.74) is 1.56. The number of nitriles is 1. The quantitative estimate of drug-likeness (QED) is 0.931. The second-order valence-corrected chi connectivity index (χ2v) is 5.19. The average molecular weight is 295 g/mol. The van der Waals surface area contributed by atoms with Crippen LogP contribution in [0, 0.1) is 17.2 Å². The van der Waals surface area contributed by atoms with Gasteiger partial charge in [-0.2, -0.15) is 5.26 Å². The van der Waals surface area contributed by atoms with Gasteiger partial charge in [-0.15, -0.1) is 0 Å². The fourth-order valence-corrected chi connectivity index (χ4v) is 2.52. The summed E-state index contributed by atoms with van der Waals surface area (Å²) >= 11 is 3.39. The molecule has 1 aliphatic rings. The van der Waals surface area contributed by atoms with Crippen molar-refractivity contribution < 1.29 is 4.74 Å². The molecule has 1 aromatic carbocycles. The predicted molar refractivity (Wildman–Crippen MR) is 70.9 cm³/mol. The van der Waals surface area contributed by atoms with Gasteiger partial charge < -0.3 is 10.1 Å². The van der Waals surface area contributed by atoms with Crippen molar-refractivity contribution in [3.8, 4) is 6.07 Å². The first-order valence-electron chi connectivity index (χ1n) is 5.75. The molecule has 0 saturated carbocycles. The van der Waals surface area contributed by atoms with E-state index >= 15 is 0 Å². The first-order chi connectivity index (χ1) is 8.22. The van der Waals surface area contributed by atoms with E-state index < -0.39 is 0 Å². The third kappa shape index (κ3) is 2.80. The zero-order valence-electron chi connectivity index (χ0n) is 9.74. The lowest BCUT2D eigenvalue weighted by atomic mass is 10.00. The minimum Gasteiger partial charge on any atom is -0.381 e. The third-order valence-corrected chi connectivity index (χ3v) is 3.84. The van der Waals surface area contributed by atoms with Gasteiger partial charge in [0.05, 0.1) is 17.9 Å². The molecule has 0 aliphatic carbocycles. The Kier molecular flexibility index (Phi) is 4.03. The lowest BCUT2D eigenvalue weighted by molar-refractivity contribution is 0.183. The Morgan fingerprint density at radius 2 is 2.41 bits per heavy atom. The van der Waals surface area contributed by atoms with Crippen LogP contribution in [0.25, 0.3) is 0 Å². The van der Waals surface area contributed by atoms with E-state index in [2.05, 4.69) is 34.2 Å². The summed E-state index contributed by atoms with van der Waals surface area (Å²) in [6.07, 6.45) is 1.09. The largest absolute Gasteiger partial charge is 0.381 e. The number of hydrogen-bond acceptors (Lipinski definition) is 3. The van der Waals surface area contributed by atoms with Crippen LogP contribution in [-0.4, -0.2) is 19.3 Å². The molecule has 0 bridgehead atoms. The third-order valence-electron chi connectivity index (χ3n) is 3.18. The number of hydrogen-bond donors (Lipinski definition) is 1. The van der Waals surface area contributed by atoms with Crippen LogP contribution in [-0.2, 0) is 4.74 Å². The zero-order chi connectivity index (χ0) is 12.3. The maximum Gasteiger partial charge on any atom is 0.103 e. The minimum atomic E-state index is 0.318. The van der Waals surface area contributed by atoms with Gasteiger partial charge in [0, 0.05) is 23.0 Å². The molecule has 1 fully saturated rings. The van der Waals surface area contributed by atoms with Crippen molar-refractivity contribution in [2.24, 2.45) is 5.92 Å². The molecule has 1 aliphatic heterocycles. The van der Waals surface area contributed by atoms with Crippen LogP contribution in [0.1, 0.15) is 18.9 Å². The molecule has 0 radical (unpaired) electrons. The van der Waals surface area contributed by atoms with Gasteiger partial charge in [0.2, 0.25) is 0 Å². The Morgan fingerprint density at radius 3 is 3.06 bits per heavy atom. The van der Waals surface area contributed by atoms with Crippen molar-refractivity contribution in [3.05, 3.63) is 28.2 Å². The molecule has 3 nitrogen and oxygen atoms in total. The first kappa shape index (κ1) is 12.4. The van der Waals surface area contributed by atoms with E-state index in [4.69, 9.17) is 10.00 Å². The molecule has 0 aromatic heterocycles. The molecular weight excluding hydrogens is 280 g/mol. The van der Waals surface area contributed by atoms with Gasteiger partial charge in [0.15, 0.2) is 0 Å². The highest BCUT2D eigenvalue weighted by Gasteiger charge is 2.22. The van der Waals surface area contributed by atoms with Crippen LogP contribution < -0.4 is 5.32 Å². The lowest BCUT2D eigenvalue weighted by Gasteiger charge is -2.21. The van der Waals surface area contributed by atoms with Gasteiger partial charge in [-0.05, 0) is 41.4 Å². The van der Waals surface area contributed by atoms with E-state index in [1.165, 1.54) is 0 Å². The highest BCUT2D eigenvalue weighted by atomic mass is 79.9. The summed E-state index contributed by atoms with van der Waals surface area (Å²) in [5.74, 6) is 0.528. The molecule has 1 heterocycles. The van der Waals surface area contributed by atoms with Gasteiger partial charge in [0.1, 0.15) is 6.07 Å². The van der Waals surface area contributed by atoms with Crippen LogP contribution in [0.5, 0.6) is 0 Å². The van der Waals surface area contributed by atoms with Crippen LogP contribution in [0.3, 0.4) is 0 Å². The number of nitrogens with one attached hydrogen (secondary N) is 1. The van der Waals surface area contributed by atoms with E-state index in [0.29, 0.717) is 17.5 Å². The number of benzene rings is 1. The number of anilines is 1. The average Bonchev–Trinajstić information content (AvgIpc) is 2.82. The van der Waals surface area contributed by atoms with E-state index in [9.17, 15) is 0 Å². The Bertz CT molecular complexity index is 436. The Labute approximate surface area is 110 Å². The molecule has 0 spiro atoms. The number of nitrogens with zero attached hydrogens (tertiary/aromatic N) is 1. The van der Waals surface area contributed by atoms with Crippen molar-refractivity contribution in [1.29, 1.82) is 5.26 Å². The number of rotatable bonds is 3. The molecule has 2 atom stereocenters. The van der Waals surface area contributed by atoms with Gasteiger partial charge in [-0.3, -0.25) is 0 Å². The van der Waals surface area contributed by atoms with Crippen molar-refractivity contribution in [2.45, 2.75) is 19.4 Å². The van der Waals surface area contributed by atoms with E-state index in [1.807, 2.05) is 18.2 Å². The SMILES string of the molecule is CC(Nc1cccc(Br)c1C#N)C1CCOC1. The topological polar surface area (TPSA) is 45.0 Å². The molecule has 1 saturated heterocycles. The highest BCUT2D eigenvalue weighted by molar-refractivity contribution is 9.10. The zero-order valence-corrected chi connectivity index (χ0v) is 11.3. The molecule has 2 unspecified atom stereocenters. The van der Waals surface area contributed by atoms with Crippen molar-refractivity contribution in [3.63, 3.8) is 0 Å². The fraction of sp³-hybridized carbons (Fsp3) is 0.462. The summed E-state index contributed by atoms with van der Waals surface area (Å²) in [6, 6.07) is 8.30. The van der Waals surface area contributed by atoms with E-state index in [0.717, 1.165) is 29.8 Å². The minimum absolute atomic E-state index is 0.318. The maximum absolute atomic E-state index is 9.13. The molecule has 17 heavy (non-hydrogen) atoms. The monoisotopic (exact) mass is 294 g/mol. The fourth-order valence-electron chi connectivity index (χ4n) is 2.07. The van der Waals surface area contributed by atoms with Crippen molar-refractivity contribution in [1.82, 2.24) is 0 Å². The van der Waals surface area contributed by atoms with Gasteiger partial charge >= 0.3 is 0 Å². The standard InChI is InChI=1S/C13H15BrN2O/c1-9(10-5-6-17-8-10)16-13-4-2-3-12(14)11(13)7-15/h2-4,9-10,16H,5-6,8H2,1H3. The van der Waals surface area contributed by atoms with Crippen LogP contribution >= 0.6 is 15.9 Å². The van der Waals surface area contributed by atoms with Crippen LogP contribution in [0.2, 0.25) is 0 Å². The normalized spacial score (nSPS) is 20.9. The van der Waals surface area contributed by atoms with Crippen molar-refractivity contribution >= 4 is 21.6 Å². The van der Waals surface area contributed by atoms with Gasteiger partial charge in [-0.1, -0.05) is 6.07 Å². The number of ether oxygens (including phenoxy) is 1. The highest BCUT2D eigenvalue weighted by Crippen LogP contribution is 2.26. The molecule has 0 amide bonds. The second kappa shape index (κ2) is 5.52. The lowest BCUT2D eigenvalue weighted by Crippen LogP contribution is -2.26. The summed E-state index contributed by atoms with van der Waals surface area (Å²) in [6.45, 7) is 3.80. The Hall–Kier alpha value is -1.05. The molecule has 2 rings (SSSR count). The Morgan fingerprint density at radius 1 is 1.59 bits per heavy atom. The summed E-state index contributed by atoms with van der Waals surface area (Å²) in [5, 5.41) is 12.5. The number of halogens is 1. The molecule has 4 heteroatoms. The summed E-state index contributed by atoms with van der Waals surface area (Å²) in [4.78, 5) is 0. The Balaban J connectivity index is 2.13. The van der Waals surface area contributed by atoms with Crippen LogP contribution in [0.15, 0.2) is 22.7 Å². The molecule has 1 aromatic rings. The summed E-state index contributed by atoms with van der Waals surface area (Å²) < 4.78 is 6.22. The first-order valence-corrected chi connectivity index (χ1v) is 6.54. The molecular formula is C13H15BrN2O. The maximum atomic E-state index is 9.13. The predicted octanol–water partition coefficient (Wildman–Crippen LogP) is 3.16. The smallest absolute Gasteiger partial charge is 0.103 e. The van der Waals surface area contributed by atoms with Crippen molar-refractivity contribution in [2.75, 3.05) is 18.5 Å². The second-order valence-electron chi connectivity index (χ2n) is 4.33. The van der Waals surface area contributed by atoms with Crippen LogP contribution in [0.4, 0.5) is 5.69 Å². The van der Waals surface area contributed by atoms with Gasteiger partial charge in [-0.25, -0.2) is 0 Å². The van der Waals surface area contributed by atoms with E-state index in [-0.39, 0.29) is 0 Å². The molecule has 90 valence electrons. The summed E-state index contributed by atoms with van der Waals surface area (Å²) in [7, 11) is 0. The van der Waals surface area contributed by atoms with Gasteiger partial charge in [0.25, 0.3) is 0 Å². The molecule has 1 N–H and O–H groups in total.